The number of carboxylic acids is 1. The minimum absolute atomic E-state index is 0.0604. The maximum atomic E-state index is 13.5. The summed E-state index contributed by atoms with van der Waals surface area (Å²) in [5, 5.41) is 9.21. The molecule has 0 aromatic carbocycles. The monoisotopic (exact) mass is 349 g/mol. The molecule has 25 heavy (non-hydrogen) atoms. The second-order valence-corrected chi connectivity index (χ2v) is 5.70. The lowest BCUT2D eigenvalue weighted by molar-refractivity contribution is -0.139. The highest BCUT2D eigenvalue weighted by molar-refractivity contribution is 5.80. The smallest absolute Gasteiger partial charge is 0.418 e. The first-order valence-corrected chi connectivity index (χ1v) is 7.43. The second kappa shape index (κ2) is 5.87. The predicted molar refractivity (Wildman–Crippen MR) is 84.2 cm³/mol. The summed E-state index contributed by atoms with van der Waals surface area (Å²) in [7, 11) is 0. The number of nitrogens with zero attached hydrogens (tertiary/aromatic N) is 3. The molecule has 3 heterocycles. The van der Waals surface area contributed by atoms with Gasteiger partial charge in [-0.2, -0.15) is 13.2 Å². The van der Waals surface area contributed by atoms with Crippen molar-refractivity contribution in [3.63, 3.8) is 0 Å². The number of carbonyl (C=O) groups is 1. The van der Waals surface area contributed by atoms with Crippen LogP contribution >= 0.6 is 0 Å². The average molecular weight is 349 g/mol. The molecule has 3 rings (SSSR count). The molecule has 3 aromatic rings. The molecule has 0 aliphatic carbocycles. The summed E-state index contributed by atoms with van der Waals surface area (Å²) < 4.78 is 42.0. The number of aromatic nitrogens is 3. The molecule has 5 nitrogen and oxygen atoms in total. The maximum absolute atomic E-state index is 13.5. The molecule has 0 saturated carbocycles. The highest BCUT2D eigenvalue weighted by atomic mass is 19.4. The van der Waals surface area contributed by atoms with Gasteiger partial charge in [-0.05, 0) is 37.6 Å². The Balaban J connectivity index is 2.30. The zero-order chi connectivity index (χ0) is 18.4. The van der Waals surface area contributed by atoms with Crippen molar-refractivity contribution in [3.05, 3.63) is 53.6 Å². The number of rotatable bonds is 3. The molecule has 1 N–H and O–H groups in total. The van der Waals surface area contributed by atoms with Crippen molar-refractivity contribution in [1.29, 1.82) is 0 Å². The van der Waals surface area contributed by atoms with E-state index in [1.165, 1.54) is 55.0 Å². The number of alkyl halides is 3. The third kappa shape index (κ3) is 2.84. The molecule has 0 aliphatic rings. The van der Waals surface area contributed by atoms with Gasteiger partial charge in [0.15, 0.2) is 0 Å². The van der Waals surface area contributed by atoms with Crippen LogP contribution < -0.4 is 0 Å². The van der Waals surface area contributed by atoms with Crippen LogP contribution in [-0.2, 0) is 11.0 Å². The van der Waals surface area contributed by atoms with Gasteiger partial charge >= 0.3 is 12.1 Å². The Morgan fingerprint density at radius 1 is 1.20 bits per heavy atom. The minimum Gasteiger partial charge on any atom is -0.481 e. The molecule has 0 amide bonds. The second-order valence-electron chi connectivity index (χ2n) is 5.70. The van der Waals surface area contributed by atoms with Gasteiger partial charge in [-0.25, -0.2) is 4.98 Å². The fourth-order valence-electron chi connectivity index (χ4n) is 2.82. The molecule has 0 aliphatic heterocycles. The topological polar surface area (TPSA) is 67.5 Å². The van der Waals surface area contributed by atoms with E-state index in [0.29, 0.717) is 5.69 Å². The van der Waals surface area contributed by atoms with Crippen LogP contribution in [0.4, 0.5) is 13.2 Å². The lowest BCUT2D eigenvalue weighted by Gasteiger charge is -2.17. The SMILES string of the molecule is Cc1ccnc(-c2ccc(C(C)C(=O)O)n3ccnc23)c1C(F)(F)F. The van der Waals surface area contributed by atoms with E-state index in [2.05, 4.69) is 9.97 Å². The van der Waals surface area contributed by atoms with Gasteiger partial charge in [0, 0.05) is 29.8 Å². The van der Waals surface area contributed by atoms with Crippen LogP contribution in [0.5, 0.6) is 0 Å². The quantitative estimate of drug-likeness (QED) is 0.778. The maximum Gasteiger partial charge on any atom is 0.418 e. The van der Waals surface area contributed by atoms with Gasteiger partial charge < -0.3 is 9.51 Å². The van der Waals surface area contributed by atoms with Gasteiger partial charge in [0.05, 0.1) is 17.2 Å². The number of halogens is 3. The summed E-state index contributed by atoms with van der Waals surface area (Å²) in [6.45, 7) is 2.88. The number of fused-ring (bicyclic) bond motifs is 1. The van der Waals surface area contributed by atoms with E-state index in [9.17, 15) is 23.1 Å². The van der Waals surface area contributed by atoms with Crippen molar-refractivity contribution in [2.24, 2.45) is 0 Å². The number of aryl methyl sites for hydroxylation is 1. The summed E-state index contributed by atoms with van der Waals surface area (Å²) in [5.74, 6) is -1.87. The van der Waals surface area contributed by atoms with E-state index >= 15 is 0 Å². The highest BCUT2D eigenvalue weighted by Gasteiger charge is 2.37. The minimum atomic E-state index is -4.57. The molecular formula is C17H14F3N3O2. The number of imidazole rings is 1. The molecule has 0 bridgehead atoms. The van der Waals surface area contributed by atoms with Crippen molar-refractivity contribution in [2.75, 3.05) is 0 Å². The lowest BCUT2D eigenvalue weighted by Crippen LogP contribution is -2.13. The number of carboxylic acid groups (broad SMARTS) is 1. The molecule has 3 aromatic heterocycles. The van der Waals surface area contributed by atoms with Gasteiger partial charge in [-0.1, -0.05) is 0 Å². The molecule has 0 spiro atoms. The van der Waals surface area contributed by atoms with Crippen LogP contribution in [0.1, 0.15) is 29.7 Å². The molecule has 0 saturated heterocycles. The molecule has 0 radical (unpaired) electrons. The standard InChI is InChI=1S/C17H14F3N3O2/c1-9-5-6-21-14(13(9)17(18,19)20)11-3-4-12(10(2)16(24)25)23-8-7-22-15(11)23/h3-8,10H,1-2H3,(H,24,25). The average Bonchev–Trinajstić information content (AvgIpc) is 3.01. The van der Waals surface area contributed by atoms with Crippen LogP contribution in [0.15, 0.2) is 36.8 Å². The third-order valence-electron chi connectivity index (χ3n) is 4.09. The Bertz CT molecular complexity index is 963. The Hall–Kier alpha value is -2.90. The summed E-state index contributed by atoms with van der Waals surface area (Å²) in [4.78, 5) is 19.3. The normalized spacial score (nSPS) is 13.2. The number of hydrogen-bond acceptors (Lipinski definition) is 3. The summed E-state index contributed by atoms with van der Waals surface area (Å²) in [6, 6.07) is 4.23. The third-order valence-corrected chi connectivity index (χ3v) is 4.09. The first kappa shape index (κ1) is 16.9. The van der Waals surface area contributed by atoms with Gasteiger partial charge in [-0.3, -0.25) is 9.78 Å². The summed E-state index contributed by atoms with van der Waals surface area (Å²) >= 11 is 0. The van der Waals surface area contributed by atoms with Gasteiger partial charge in [0.1, 0.15) is 5.65 Å². The fourth-order valence-corrected chi connectivity index (χ4v) is 2.82. The zero-order valence-electron chi connectivity index (χ0n) is 13.4. The number of pyridine rings is 2. The fraction of sp³-hybridized carbons (Fsp3) is 0.235. The van der Waals surface area contributed by atoms with Crippen LogP contribution in [0.3, 0.4) is 0 Å². The summed E-state index contributed by atoms with van der Waals surface area (Å²) in [5.41, 5.74) is -0.135. The van der Waals surface area contributed by atoms with Crippen LogP contribution in [0.25, 0.3) is 16.9 Å². The summed E-state index contributed by atoms with van der Waals surface area (Å²) in [6.07, 6.45) is -0.311. The Kier molecular flexibility index (Phi) is 3.98. The molecule has 130 valence electrons. The van der Waals surface area contributed by atoms with Gasteiger partial charge in [-0.15, -0.1) is 0 Å². The van der Waals surface area contributed by atoms with E-state index in [4.69, 9.17) is 0 Å². The molecular weight excluding hydrogens is 335 g/mol. The van der Waals surface area contributed by atoms with Crippen LogP contribution in [0, 0.1) is 6.92 Å². The highest BCUT2D eigenvalue weighted by Crippen LogP contribution is 2.39. The van der Waals surface area contributed by atoms with Crippen molar-refractivity contribution >= 4 is 11.6 Å². The van der Waals surface area contributed by atoms with E-state index < -0.39 is 23.6 Å². The molecule has 0 fully saturated rings. The predicted octanol–water partition coefficient (Wildman–Crippen LogP) is 3.91. The molecule has 1 unspecified atom stereocenters. The van der Waals surface area contributed by atoms with Crippen LogP contribution in [0.2, 0.25) is 0 Å². The first-order chi connectivity index (χ1) is 11.7. The number of hydrogen-bond donors (Lipinski definition) is 1. The van der Waals surface area contributed by atoms with Crippen molar-refractivity contribution in [2.45, 2.75) is 25.9 Å². The van der Waals surface area contributed by atoms with Crippen molar-refractivity contribution in [3.8, 4) is 11.3 Å². The Morgan fingerprint density at radius 2 is 1.92 bits per heavy atom. The molecule has 1 atom stereocenters. The van der Waals surface area contributed by atoms with E-state index in [1.54, 1.807) is 0 Å². The van der Waals surface area contributed by atoms with Crippen molar-refractivity contribution in [1.82, 2.24) is 14.4 Å². The van der Waals surface area contributed by atoms with E-state index in [-0.39, 0.29) is 22.5 Å². The zero-order valence-corrected chi connectivity index (χ0v) is 13.4. The van der Waals surface area contributed by atoms with Crippen molar-refractivity contribution < 1.29 is 23.1 Å². The number of aliphatic carboxylic acids is 1. The molecule has 8 heteroatoms. The largest absolute Gasteiger partial charge is 0.481 e. The first-order valence-electron chi connectivity index (χ1n) is 7.43. The Morgan fingerprint density at radius 3 is 2.56 bits per heavy atom. The van der Waals surface area contributed by atoms with Crippen LogP contribution in [-0.4, -0.2) is 25.4 Å². The van der Waals surface area contributed by atoms with E-state index in [1.807, 2.05) is 0 Å². The van der Waals surface area contributed by atoms with Gasteiger partial charge in [0.2, 0.25) is 0 Å². The van der Waals surface area contributed by atoms with E-state index in [0.717, 1.165) is 0 Å². The lowest BCUT2D eigenvalue weighted by atomic mass is 10.00. The van der Waals surface area contributed by atoms with Gasteiger partial charge in [0.25, 0.3) is 0 Å². The Labute approximate surface area is 140 Å².